The predicted molar refractivity (Wildman–Crippen MR) is 33.4 cm³/mol. The molecule has 1 radical (unpaired) electrons. The Kier molecular flexibility index (Phi) is 11.2. The first kappa shape index (κ1) is 11.5. The summed E-state index contributed by atoms with van der Waals surface area (Å²) >= 11 is 5.43. The van der Waals surface area contributed by atoms with E-state index in [1.807, 2.05) is 0 Å². The number of hydrogen-bond donors (Lipinski definition) is 1. The summed E-state index contributed by atoms with van der Waals surface area (Å²) in [6.45, 7) is 2.12. The molecule has 0 saturated heterocycles. The van der Waals surface area contributed by atoms with Crippen molar-refractivity contribution in [2.24, 2.45) is 5.73 Å². The number of nitrogens with two attached hydrogens (primary N) is 1. The van der Waals surface area contributed by atoms with Gasteiger partial charge in [-0.15, -0.1) is 11.6 Å². The summed E-state index contributed by atoms with van der Waals surface area (Å²) in [5.74, 6) is 0. The molecule has 0 aromatic rings. The molecule has 53 valence electrons. The molecule has 2 N–H and O–H groups in total. The van der Waals surface area contributed by atoms with Crippen LogP contribution in [0.15, 0.2) is 0 Å². The molecule has 0 aliphatic carbocycles. The Balaban J connectivity index is 0. The summed E-state index contributed by atoms with van der Waals surface area (Å²) in [5.41, 5.74) is 5.12. The predicted octanol–water partition coefficient (Wildman–Crippen LogP) is 1.70. The van der Waals surface area contributed by atoms with Gasteiger partial charge in [0.2, 0.25) is 0 Å². The average molecular weight is 181 g/mol. The molecule has 3 heteroatoms. The summed E-state index contributed by atoms with van der Waals surface area (Å²) in [4.78, 5) is 0. The molecule has 0 aliphatic heterocycles. The first-order chi connectivity index (χ1) is 3.27. The zero-order valence-corrected chi connectivity index (χ0v) is 6.78. The summed E-state index contributed by atoms with van der Waals surface area (Å²) in [6, 6.07) is 0. The molecule has 0 amide bonds. The molecular weight excluding hydrogens is 168 g/mol. The standard InChI is InChI=1S/C5H12ClN.Co/c1-2-3-4-5(6)7;/h5H,2-4,7H2,1H3;. The van der Waals surface area contributed by atoms with Crippen LogP contribution in [0.1, 0.15) is 26.2 Å². The van der Waals surface area contributed by atoms with E-state index in [-0.39, 0.29) is 22.3 Å². The second-order valence-electron chi connectivity index (χ2n) is 1.66. The van der Waals surface area contributed by atoms with E-state index in [1.54, 1.807) is 0 Å². The molecule has 0 fully saturated rings. The van der Waals surface area contributed by atoms with Gasteiger partial charge in [-0.1, -0.05) is 19.8 Å². The quantitative estimate of drug-likeness (QED) is 0.519. The fraction of sp³-hybridized carbons (Fsp3) is 1.00. The molecule has 0 saturated carbocycles. The minimum absolute atomic E-state index is 0. The SMILES string of the molecule is CCCCC(N)Cl.[Co]. The molecular formula is C5H12ClCoN. The molecule has 1 nitrogen and oxygen atoms in total. The van der Waals surface area contributed by atoms with Crippen molar-refractivity contribution in [3.8, 4) is 0 Å². The number of rotatable bonds is 3. The molecule has 0 aromatic heterocycles. The van der Waals surface area contributed by atoms with Crippen LogP contribution in [0.3, 0.4) is 0 Å². The largest absolute Gasteiger partial charge is 0.315 e. The topological polar surface area (TPSA) is 26.0 Å². The summed E-state index contributed by atoms with van der Waals surface area (Å²) in [7, 11) is 0. The van der Waals surface area contributed by atoms with Crippen molar-refractivity contribution < 1.29 is 16.8 Å². The Morgan fingerprint density at radius 3 is 2.25 bits per heavy atom. The fourth-order valence-electron chi connectivity index (χ4n) is 0.399. The first-order valence-electron chi connectivity index (χ1n) is 2.67. The molecule has 1 unspecified atom stereocenters. The minimum Gasteiger partial charge on any atom is -0.315 e. The van der Waals surface area contributed by atoms with Gasteiger partial charge in [-0.3, -0.25) is 0 Å². The van der Waals surface area contributed by atoms with Crippen molar-refractivity contribution in [2.45, 2.75) is 31.7 Å². The van der Waals surface area contributed by atoms with E-state index in [1.165, 1.54) is 6.42 Å². The monoisotopic (exact) mass is 180 g/mol. The van der Waals surface area contributed by atoms with Crippen LogP contribution < -0.4 is 5.73 Å². The van der Waals surface area contributed by atoms with Crippen LogP contribution in [-0.2, 0) is 16.8 Å². The summed E-state index contributed by atoms with van der Waals surface area (Å²) < 4.78 is 0. The Morgan fingerprint density at radius 2 is 2.12 bits per heavy atom. The molecule has 0 rings (SSSR count). The van der Waals surface area contributed by atoms with E-state index >= 15 is 0 Å². The van der Waals surface area contributed by atoms with Gasteiger partial charge in [0.05, 0.1) is 5.50 Å². The third kappa shape index (κ3) is 9.90. The maximum atomic E-state index is 5.43. The van der Waals surface area contributed by atoms with Crippen LogP contribution in [0.25, 0.3) is 0 Å². The zero-order chi connectivity index (χ0) is 5.70. The van der Waals surface area contributed by atoms with Crippen molar-refractivity contribution in [3.63, 3.8) is 0 Å². The van der Waals surface area contributed by atoms with Gasteiger partial charge in [-0.05, 0) is 6.42 Å². The van der Waals surface area contributed by atoms with Crippen LogP contribution in [0.2, 0.25) is 0 Å². The molecule has 1 atom stereocenters. The third-order valence-electron chi connectivity index (χ3n) is 0.833. The number of hydrogen-bond acceptors (Lipinski definition) is 1. The Hall–Kier alpha value is 0.756. The van der Waals surface area contributed by atoms with Gasteiger partial charge in [0.25, 0.3) is 0 Å². The van der Waals surface area contributed by atoms with Crippen LogP contribution in [0.4, 0.5) is 0 Å². The Morgan fingerprint density at radius 1 is 1.62 bits per heavy atom. The van der Waals surface area contributed by atoms with Gasteiger partial charge in [0.1, 0.15) is 0 Å². The molecule has 0 aliphatic rings. The van der Waals surface area contributed by atoms with Crippen LogP contribution in [0.5, 0.6) is 0 Å². The molecule has 8 heavy (non-hydrogen) atoms. The first-order valence-corrected chi connectivity index (χ1v) is 3.10. The minimum atomic E-state index is -0.125. The maximum absolute atomic E-state index is 5.43. The van der Waals surface area contributed by atoms with E-state index in [0.29, 0.717) is 0 Å². The number of halogens is 1. The second-order valence-corrected chi connectivity index (χ2v) is 2.22. The van der Waals surface area contributed by atoms with Crippen molar-refractivity contribution in [1.29, 1.82) is 0 Å². The van der Waals surface area contributed by atoms with Crippen LogP contribution >= 0.6 is 11.6 Å². The Labute approximate surface area is 66.2 Å². The molecule has 0 heterocycles. The van der Waals surface area contributed by atoms with E-state index in [4.69, 9.17) is 17.3 Å². The second kappa shape index (κ2) is 7.76. The maximum Gasteiger partial charge on any atom is 0.0800 e. The van der Waals surface area contributed by atoms with Crippen molar-refractivity contribution in [1.82, 2.24) is 0 Å². The summed E-state index contributed by atoms with van der Waals surface area (Å²) in [6.07, 6.45) is 3.27. The molecule has 0 spiro atoms. The van der Waals surface area contributed by atoms with Gasteiger partial charge in [0.15, 0.2) is 0 Å². The number of unbranched alkanes of at least 4 members (excludes halogenated alkanes) is 1. The van der Waals surface area contributed by atoms with Gasteiger partial charge < -0.3 is 5.73 Å². The van der Waals surface area contributed by atoms with Crippen molar-refractivity contribution in [3.05, 3.63) is 0 Å². The van der Waals surface area contributed by atoms with E-state index in [2.05, 4.69) is 6.92 Å². The van der Waals surface area contributed by atoms with Crippen LogP contribution in [-0.4, -0.2) is 5.50 Å². The van der Waals surface area contributed by atoms with Crippen LogP contribution in [0, 0.1) is 0 Å². The van der Waals surface area contributed by atoms with Crippen molar-refractivity contribution in [2.75, 3.05) is 0 Å². The number of alkyl halides is 1. The summed E-state index contributed by atoms with van der Waals surface area (Å²) in [5, 5.41) is 0. The van der Waals surface area contributed by atoms with E-state index < -0.39 is 0 Å². The third-order valence-corrected chi connectivity index (χ3v) is 1.05. The van der Waals surface area contributed by atoms with Gasteiger partial charge in [-0.2, -0.15) is 0 Å². The molecule has 0 bridgehead atoms. The van der Waals surface area contributed by atoms with E-state index in [9.17, 15) is 0 Å². The average Bonchev–Trinajstić information content (AvgIpc) is 1.61. The fourth-order valence-corrected chi connectivity index (χ4v) is 0.553. The molecule has 0 aromatic carbocycles. The van der Waals surface area contributed by atoms with E-state index in [0.717, 1.165) is 12.8 Å². The smallest absolute Gasteiger partial charge is 0.0800 e. The normalized spacial score (nSPS) is 12.4. The van der Waals surface area contributed by atoms with Gasteiger partial charge in [0, 0.05) is 16.8 Å². The Bertz CT molecular complexity index is 41.4. The van der Waals surface area contributed by atoms with Crippen molar-refractivity contribution >= 4 is 11.6 Å². The van der Waals surface area contributed by atoms with Gasteiger partial charge in [-0.25, -0.2) is 0 Å². The zero-order valence-electron chi connectivity index (χ0n) is 4.99. The van der Waals surface area contributed by atoms with Gasteiger partial charge >= 0.3 is 0 Å².